The molecule has 0 spiro atoms. The van der Waals surface area contributed by atoms with Gasteiger partial charge in [0.05, 0.1) is 30.2 Å². The van der Waals surface area contributed by atoms with Crippen LogP contribution in [0, 0.1) is 11.6 Å². The van der Waals surface area contributed by atoms with Crippen molar-refractivity contribution < 1.29 is 23.4 Å². The number of aliphatic hydroxyl groups is 1. The molecule has 11 nitrogen and oxygen atoms in total. The van der Waals surface area contributed by atoms with E-state index in [1.54, 1.807) is 13.2 Å². The Hall–Kier alpha value is -4.33. The fourth-order valence-electron chi connectivity index (χ4n) is 6.63. The maximum Gasteiger partial charge on any atom is 0.247 e. The smallest absolute Gasteiger partial charge is 0.247 e. The molecular weight excluding hydrogens is 630 g/mol. The number of aromatic nitrogens is 2. The number of nitrogens with zero attached hydrogens (tertiary/aromatic N) is 4. The molecule has 1 aromatic heterocycles. The summed E-state index contributed by atoms with van der Waals surface area (Å²) in [5.74, 6) is -0.428. The van der Waals surface area contributed by atoms with Crippen LogP contribution in [0.5, 0.6) is 5.75 Å². The standard InChI is InChI=1S/C36H48F2N8O3/c1-5-36(48)44-30-19-31(43-35-21-34(39-22-40-35)42-29(10-15-47)24-16-25(37)18-26(38)17-24)33(49-4)20-32(30)46-13-8-28(9-14-46)41-27-6-11-45(12-7-27)23(2)3/h5,16-23,27-29,41,47H,1,6-15H2,2-4H3,(H,44,48)(H2,39,40,42,43)/t29-/m1/s1. The van der Waals surface area contributed by atoms with E-state index in [-0.39, 0.29) is 18.9 Å². The van der Waals surface area contributed by atoms with E-state index in [1.807, 2.05) is 12.1 Å². The van der Waals surface area contributed by atoms with Crippen molar-refractivity contribution in [3.63, 3.8) is 0 Å². The van der Waals surface area contributed by atoms with Crippen LogP contribution >= 0.6 is 0 Å². The van der Waals surface area contributed by atoms with Crippen LogP contribution in [-0.2, 0) is 4.79 Å². The van der Waals surface area contributed by atoms with E-state index in [1.165, 1.54) is 37.4 Å². The largest absolute Gasteiger partial charge is 0.494 e. The summed E-state index contributed by atoms with van der Waals surface area (Å²) >= 11 is 0. The molecule has 5 N–H and O–H groups in total. The van der Waals surface area contributed by atoms with Crippen molar-refractivity contribution in [3.8, 4) is 5.75 Å². The van der Waals surface area contributed by atoms with Crippen molar-refractivity contribution in [1.82, 2.24) is 20.2 Å². The first-order chi connectivity index (χ1) is 23.6. The third-order valence-corrected chi connectivity index (χ3v) is 9.28. The molecule has 3 aromatic rings. The Balaban J connectivity index is 1.30. The van der Waals surface area contributed by atoms with Crippen LogP contribution in [0.1, 0.15) is 57.6 Å². The first kappa shape index (κ1) is 36.0. The van der Waals surface area contributed by atoms with Gasteiger partial charge in [-0.25, -0.2) is 18.7 Å². The molecule has 0 bridgehead atoms. The summed E-state index contributed by atoms with van der Waals surface area (Å²) in [7, 11) is 1.58. The highest BCUT2D eigenvalue weighted by atomic mass is 19.1. The number of likely N-dealkylation sites (tertiary alicyclic amines) is 1. The monoisotopic (exact) mass is 678 g/mol. The first-order valence-electron chi connectivity index (χ1n) is 17.0. The number of amides is 1. The van der Waals surface area contributed by atoms with Gasteiger partial charge in [-0.3, -0.25) is 4.79 Å². The van der Waals surface area contributed by atoms with Crippen LogP contribution < -0.4 is 30.9 Å². The zero-order valence-corrected chi connectivity index (χ0v) is 28.5. The molecule has 0 radical (unpaired) electrons. The Kier molecular flexibility index (Phi) is 12.4. The van der Waals surface area contributed by atoms with Gasteiger partial charge in [-0.2, -0.15) is 0 Å². The summed E-state index contributed by atoms with van der Waals surface area (Å²) in [6.07, 6.45) is 7.08. The number of benzene rings is 2. The zero-order chi connectivity index (χ0) is 34.9. The van der Waals surface area contributed by atoms with Crippen molar-refractivity contribution in [2.75, 3.05) is 60.7 Å². The Morgan fingerprint density at radius 3 is 2.24 bits per heavy atom. The molecule has 5 rings (SSSR count). The third kappa shape index (κ3) is 9.64. The van der Waals surface area contributed by atoms with Crippen molar-refractivity contribution in [1.29, 1.82) is 0 Å². The topological polar surface area (TPSA) is 127 Å². The average molecular weight is 679 g/mol. The van der Waals surface area contributed by atoms with Crippen molar-refractivity contribution in [3.05, 3.63) is 72.6 Å². The Morgan fingerprint density at radius 1 is 0.980 bits per heavy atom. The maximum atomic E-state index is 13.9. The number of anilines is 5. The van der Waals surface area contributed by atoms with Gasteiger partial charge in [0.2, 0.25) is 5.91 Å². The number of nitrogens with one attached hydrogen (secondary N) is 4. The molecule has 3 heterocycles. The molecule has 13 heteroatoms. The Labute approximate surface area is 287 Å². The summed E-state index contributed by atoms with van der Waals surface area (Å²) in [6, 6.07) is 9.56. The summed E-state index contributed by atoms with van der Waals surface area (Å²) in [5, 5.41) is 22.9. The molecular formula is C36H48F2N8O3. The zero-order valence-electron chi connectivity index (χ0n) is 28.5. The van der Waals surface area contributed by atoms with E-state index in [0.717, 1.165) is 50.8 Å². The van der Waals surface area contributed by atoms with Crippen LogP contribution in [0.3, 0.4) is 0 Å². The molecule has 1 amide bonds. The fraction of sp³-hybridized carbons (Fsp3) is 0.472. The van der Waals surface area contributed by atoms with Gasteiger partial charge in [-0.05, 0) is 88.9 Å². The van der Waals surface area contributed by atoms with Crippen LogP contribution in [0.15, 0.2) is 55.4 Å². The summed E-state index contributed by atoms with van der Waals surface area (Å²) in [6.45, 7) is 11.8. The van der Waals surface area contributed by atoms with Gasteiger partial charge in [-0.15, -0.1) is 0 Å². The molecule has 2 aliphatic heterocycles. The summed E-state index contributed by atoms with van der Waals surface area (Å²) in [5.41, 5.74) is 2.34. The van der Waals surface area contributed by atoms with Gasteiger partial charge >= 0.3 is 0 Å². The molecule has 2 aliphatic rings. The van der Waals surface area contributed by atoms with E-state index in [9.17, 15) is 18.7 Å². The highest BCUT2D eigenvalue weighted by Gasteiger charge is 2.27. The van der Waals surface area contributed by atoms with E-state index in [4.69, 9.17) is 4.74 Å². The van der Waals surface area contributed by atoms with Crippen LogP contribution in [0.4, 0.5) is 37.5 Å². The molecule has 2 saturated heterocycles. The number of carbonyl (C=O) groups excluding carboxylic acids is 1. The normalized spacial score (nSPS) is 16.8. The molecule has 0 saturated carbocycles. The maximum absolute atomic E-state index is 13.9. The highest BCUT2D eigenvalue weighted by Crippen LogP contribution is 2.39. The van der Waals surface area contributed by atoms with Gasteiger partial charge in [0, 0.05) is 56.0 Å². The lowest BCUT2D eigenvalue weighted by atomic mass is 9.98. The summed E-state index contributed by atoms with van der Waals surface area (Å²) < 4.78 is 33.7. The number of methoxy groups -OCH3 is 1. The average Bonchev–Trinajstić information content (AvgIpc) is 3.08. The van der Waals surface area contributed by atoms with E-state index >= 15 is 0 Å². The molecule has 0 unspecified atom stereocenters. The van der Waals surface area contributed by atoms with Crippen LogP contribution in [-0.4, -0.2) is 83.9 Å². The van der Waals surface area contributed by atoms with Gasteiger partial charge in [-0.1, -0.05) is 6.58 Å². The number of hydrogen-bond donors (Lipinski definition) is 5. The van der Waals surface area contributed by atoms with Crippen molar-refractivity contribution >= 4 is 34.6 Å². The van der Waals surface area contributed by atoms with Gasteiger partial charge in [0.15, 0.2) is 0 Å². The quantitative estimate of drug-likeness (QED) is 0.138. The van der Waals surface area contributed by atoms with E-state index in [2.05, 4.69) is 61.5 Å². The summed E-state index contributed by atoms with van der Waals surface area (Å²) in [4.78, 5) is 26.0. The number of piperidine rings is 2. The number of halogens is 2. The molecule has 264 valence electrons. The Bertz CT molecular complexity index is 1560. The first-order valence-corrected chi connectivity index (χ1v) is 17.0. The Morgan fingerprint density at radius 2 is 1.63 bits per heavy atom. The van der Waals surface area contributed by atoms with Crippen LogP contribution in [0.2, 0.25) is 0 Å². The number of carbonyl (C=O) groups is 1. The van der Waals surface area contributed by atoms with Gasteiger partial charge in [0.25, 0.3) is 0 Å². The highest BCUT2D eigenvalue weighted by molar-refractivity contribution is 6.02. The minimum atomic E-state index is -0.710. The molecule has 1 atom stereocenters. The predicted molar refractivity (Wildman–Crippen MR) is 190 cm³/mol. The molecule has 2 aromatic carbocycles. The second-order valence-corrected chi connectivity index (χ2v) is 12.9. The number of aliphatic hydroxyl groups excluding tert-OH is 1. The minimum absolute atomic E-state index is 0.197. The molecule has 0 aliphatic carbocycles. The fourth-order valence-corrected chi connectivity index (χ4v) is 6.63. The van der Waals surface area contributed by atoms with Crippen molar-refractivity contribution in [2.24, 2.45) is 0 Å². The number of ether oxygens (including phenoxy) is 1. The van der Waals surface area contributed by atoms with Gasteiger partial charge in [0.1, 0.15) is 35.3 Å². The third-order valence-electron chi connectivity index (χ3n) is 9.28. The number of hydrogen-bond acceptors (Lipinski definition) is 10. The predicted octanol–water partition coefficient (Wildman–Crippen LogP) is 5.60. The minimum Gasteiger partial charge on any atom is -0.494 e. The SMILES string of the molecule is C=CC(=O)Nc1cc(Nc2cc(N[C@H](CCO)c3cc(F)cc(F)c3)ncn2)c(OC)cc1N1CCC(NC2CCN(C(C)C)CC2)CC1. The second kappa shape index (κ2) is 16.9. The van der Waals surface area contributed by atoms with E-state index in [0.29, 0.717) is 52.4 Å². The lowest BCUT2D eigenvalue weighted by Gasteiger charge is -2.40. The van der Waals surface area contributed by atoms with Crippen molar-refractivity contribution in [2.45, 2.75) is 70.1 Å². The number of rotatable bonds is 14. The lowest BCUT2D eigenvalue weighted by Crippen LogP contribution is -2.50. The van der Waals surface area contributed by atoms with Gasteiger partial charge < -0.3 is 40.9 Å². The lowest BCUT2D eigenvalue weighted by molar-refractivity contribution is -0.111. The second-order valence-electron chi connectivity index (χ2n) is 12.9. The van der Waals surface area contributed by atoms with Crippen LogP contribution in [0.25, 0.3) is 0 Å². The van der Waals surface area contributed by atoms with E-state index < -0.39 is 17.7 Å². The molecule has 2 fully saturated rings. The molecule has 49 heavy (non-hydrogen) atoms.